The van der Waals surface area contributed by atoms with Crippen LogP contribution < -0.4 is 19.5 Å². The van der Waals surface area contributed by atoms with Crippen LogP contribution >= 0.6 is 0 Å². The molecule has 0 aliphatic carbocycles. The molecule has 1 aromatic carbocycles. The second-order valence-electron chi connectivity index (χ2n) is 7.02. The minimum Gasteiger partial charge on any atom is -0.493 e. The van der Waals surface area contributed by atoms with Gasteiger partial charge in [0.15, 0.2) is 17.8 Å². The number of nitrogens with one attached hydrogen (secondary N) is 1. The van der Waals surface area contributed by atoms with E-state index in [0.29, 0.717) is 34.4 Å². The molecule has 1 fully saturated rings. The summed E-state index contributed by atoms with van der Waals surface area (Å²) in [6.45, 7) is 2.79. The van der Waals surface area contributed by atoms with Gasteiger partial charge in [0, 0.05) is 31.1 Å². The van der Waals surface area contributed by atoms with Gasteiger partial charge >= 0.3 is 0 Å². The van der Waals surface area contributed by atoms with Crippen LogP contribution in [-0.2, 0) is 0 Å². The third-order valence-corrected chi connectivity index (χ3v) is 5.44. The van der Waals surface area contributed by atoms with Crippen molar-refractivity contribution >= 4 is 12.1 Å². The first-order valence-electron chi connectivity index (χ1n) is 8.91. The topological polar surface area (TPSA) is 77.9 Å². The Morgan fingerprint density at radius 1 is 1.15 bits per heavy atom. The highest BCUT2D eigenvalue weighted by Gasteiger charge is 2.39. The van der Waals surface area contributed by atoms with Gasteiger partial charge in [-0.3, -0.25) is 4.79 Å². The van der Waals surface area contributed by atoms with E-state index in [2.05, 4.69) is 17.3 Å². The number of carbonyl (C=O) groups excluding carboxylic acids is 1. The number of hydrogen-bond donors (Lipinski definition) is 1. The van der Waals surface area contributed by atoms with Crippen molar-refractivity contribution in [3.8, 4) is 28.5 Å². The van der Waals surface area contributed by atoms with Crippen molar-refractivity contribution in [2.24, 2.45) is 5.92 Å². The minimum atomic E-state index is 0.265. The maximum Gasteiger partial charge on any atom is 0.203 e. The third-order valence-electron chi connectivity index (χ3n) is 5.44. The lowest BCUT2D eigenvalue weighted by molar-refractivity contribution is 0.112. The van der Waals surface area contributed by atoms with E-state index in [1.54, 1.807) is 21.3 Å². The molecule has 144 valence electrons. The van der Waals surface area contributed by atoms with Gasteiger partial charge in [0.1, 0.15) is 11.5 Å². The van der Waals surface area contributed by atoms with E-state index in [4.69, 9.17) is 19.3 Å². The van der Waals surface area contributed by atoms with E-state index in [0.717, 1.165) is 37.3 Å². The molecule has 0 saturated carbocycles. The first-order chi connectivity index (χ1) is 13.1. The molecule has 0 spiro atoms. The van der Waals surface area contributed by atoms with Gasteiger partial charge in [0.05, 0.1) is 32.9 Å². The Kier molecular flexibility index (Phi) is 4.43. The molecule has 1 aromatic heterocycles. The summed E-state index contributed by atoms with van der Waals surface area (Å²) in [5.74, 6) is 2.83. The summed E-state index contributed by atoms with van der Waals surface area (Å²) < 4.78 is 18.3. The van der Waals surface area contributed by atoms with E-state index in [-0.39, 0.29) is 6.04 Å². The second kappa shape index (κ2) is 6.77. The predicted molar refractivity (Wildman–Crippen MR) is 101 cm³/mol. The van der Waals surface area contributed by atoms with Crippen molar-refractivity contribution in [2.75, 3.05) is 53.3 Å². The van der Waals surface area contributed by atoms with Crippen LogP contribution in [0.4, 0.5) is 5.82 Å². The van der Waals surface area contributed by atoms with Crippen LogP contribution in [0.25, 0.3) is 11.3 Å². The van der Waals surface area contributed by atoms with Gasteiger partial charge in [-0.1, -0.05) is 0 Å². The van der Waals surface area contributed by atoms with Gasteiger partial charge in [-0.15, -0.1) is 0 Å². The Bertz CT molecular complexity index is 854. The van der Waals surface area contributed by atoms with Gasteiger partial charge in [0.25, 0.3) is 0 Å². The smallest absolute Gasteiger partial charge is 0.203 e. The Morgan fingerprint density at radius 3 is 2.44 bits per heavy atom. The summed E-state index contributed by atoms with van der Waals surface area (Å²) in [5, 5.41) is 8.22. The van der Waals surface area contributed by atoms with E-state index in [1.807, 2.05) is 16.8 Å². The molecule has 8 nitrogen and oxygen atoms in total. The zero-order chi connectivity index (χ0) is 19.1. The summed E-state index contributed by atoms with van der Waals surface area (Å²) in [7, 11) is 6.82. The molecule has 2 aromatic rings. The molecule has 8 heteroatoms. The van der Waals surface area contributed by atoms with Crippen molar-refractivity contribution in [1.82, 2.24) is 14.7 Å². The molecule has 0 bridgehead atoms. The van der Waals surface area contributed by atoms with Crippen LogP contribution in [0.3, 0.4) is 0 Å². The van der Waals surface area contributed by atoms with Crippen LogP contribution in [0.5, 0.6) is 17.2 Å². The average molecular weight is 372 g/mol. The first-order valence-corrected chi connectivity index (χ1v) is 8.91. The quantitative estimate of drug-likeness (QED) is 0.804. The fraction of sp³-hybridized carbons (Fsp3) is 0.474. The summed E-state index contributed by atoms with van der Waals surface area (Å²) in [5.41, 5.74) is 1.91. The molecular weight excluding hydrogens is 348 g/mol. The fourth-order valence-corrected chi connectivity index (χ4v) is 4.18. The van der Waals surface area contributed by atoms with Gasteiger partial charge in [0.2, 0.25) is 5.75 Å². The standard InChI is InChI=1S/C19H24N4O4/c1-22-8-12-7-20-19-13(10-24)17(21-23(19)14(12)9-22)11-5-15(25-2)18(27-4)16(6-11)26-3/h5-6,10,12,14,20H,7-9H2,1-4H3. The zero-order valence-electron chi connectivity index (χ0n) is 16.0. The second-order valence-corrected chi connectivity index (χ2v) is 7.02. The lowest BCUT2D eigenvalue weighted by atomic mass is 10.0. The van der Waals surface area contributed by atoms with Crippen molar-refractivity contribution in [3.05, 3.63) is 17.7 Å². The highest BCUT2D eigenvalue weighted by atomic mass is 16.5. The Balaban J connectivity index is 1.86. The van der Waals surface area contributed by atoms with Crippen molar-refractivity contribution in [1.29, 1.82) is 0 Å². The maximum atomic E-state index is 11.9. The number of anilines is 1. The summed E-state index contributed by atoms with van der Waals surface area (Å²) in [6, 6.07) is 3.91. The van der Waals surface area contributed by atoms with Crippen LogP contribution in [0.2, 0.25) is 0 Å². The Morgan fingerprint density at radius 2 is 1.85 bits per heavy atom. The number of rotatable bonds is 5. The molecule has 2 unspecified atom stereocenters. The zero-order valence-corrected chi connectivity index (χ0v) is 16.0. The predicted octanol–water partition coefficient (Wildman–Crippen LogP) is 1.92. The molecule has 3 heterocycles. The Labute approximate surface area is 158 Å². The van der Waals surface area contributed by atoms with Gasteiger partial charge in [-0.05, 0) is 19.2 Å². The van der Waals surface area contributed by atoms with Crippen molar-refractivity contribution in [2.45, 2.75) is 6.04 Å². The molecule has 2 aliphatic rings. The monoisotopic (exact) mass is 372 g/mol. The van der Waals surface area contributed by atoms with Crippen molar-refractivity contribution in [3.63, 3.8) is 0 Å². The molecule has 27 heavy (non-hydrogen) atoms. The number of likely N-dealkylation sites (N-methyl/N-ethyl adjacent to an activating group) is 1. The molecular formula is C19H24N4O4. The largest absolute Gasteiger partial charge is 0.493 e. The van der Waals surface area contributed by atoms with E-state index < -0.39 is 0 Å². The number of likely N-dealkylation sites (tertiary alicyclic amines) is 1. The lowest BCUT2D eigenvalue weighted by Gasteiger charge is -2.27. The van der Waals surface area contributed by atoms with E-state index in [1.165, 1.54) is 0 Å². The third kappa shape index (κ3) is 2.71. The number of benzene rings is 1. The normalized spacial score (nSPS) is 21.2. The summed E-state index contributed by atoms with van der Waals surface area (Å²) >= 11 is 0. The van der Waals surface area contributed by atoms with Gasteiger partial charge < -0.3 is 24.4 Å². The molecule has 0 amide bonds. The van der Waals surface area contributed by atoms with Gasteiger partial charge in [-0.25, -0.2) is 4.68 Å². The lowest BCUT2D eigenvalue weighted by Crippen LogP contribution is -2.32. The summed E-state index contributed by atoms with van der Waals surface area (Å²) in [6.07, 6.45) is 0.864. The van der Waals surface area contributed by atoms with Crippen LogP contribution in [0.15, 0.2) is 12.1 Å². The number of methoxy groups -OCH3 is 3. The number of nitrogens with zero attached hydrogens (tertiary/aromatic N) is 3. The summed E-state index contributed by atoms with van der Waals surface area (Å²) in [4.78, 5) is 14.2. The van der Waals surface area contributed by atoms with Crippen LogP contribution in [-0.4, -0.2) is 69.0 Å². The number of ether oxygens (including phenoxy) is 3. The SMILES string of the molecule is COc1cc(-c2nn3c(c2C=O)NCC2CN(C)CC23)cc(OC)c1OC. The van der Waals surface area contributed by atoms with Crippen molar-refractivity contribution < 1.29 is 19.0 Å². The minimum absolute atomic E-state index is 0.265. The Hall–Kier alpha value is -2.74. The molecule has 2 atom stereocenters. The highest BCUT2D eigenvalue weighted by Crippen LogP contribution is 2.44. The molecule has 2 aliphatic heterocycles. The maximum absolute atomic E-state index is 11.9. The average Bonchev–Trinajstić information content (AvgIpc) is 3.25. The first kappa shape index (κ1) is 17.7. The van der Waals surface area contributed by atoms with Crippen LogP contribution in [0.1, 0.15) is 16.4 Å². The van der Waals surface area contributed by atoms with Gasteiger partial charge in [-0.2, -0.15) is 5.10 Å². The van der Waals surface area contributed by atoms with E-state index in [9.17, 15) is 4.79 Å². The molecule has 1 saturated heterocycles. The van der Waals surface area contributed by atoms with E-state index >= 15 is 0 Å². The number of fused-ring (bicyclic) bond motifs is 3. The molecule has 1 N–H and O–H groups in total. The number of aldehydes is 1. The fourth-order valence-electron chi connectivity index (χ4n) is 4.18. The number of aromatic nitrogens is 2. The molecule has 4 rings (SSSR count). The highest BCUT2D eigenvalue weighted by molar-refractivity contribution is 5.93. The molecule has 0 radical (unpaired) electrons. The number of hydrogen-bond acceptors (Lipinski definition) is 7. The van der Waals surface area contributed by atoms with Crippen LogP contribution in [0, 0.1) is 5.92 Å². The number of carbonyl (C=O) groups is 1.